The lowest BCUT2D eigenvalue weighted by molar-refractivity contribution is 0.00214. The number of nitrogens with zero attached hydrogens (tertiary/aromatic N) is 4. The molecule has 1 fully saturated rings. The fourth-order valence-corrected chi connectivity index (χ4v) is 1.97. The molecule has 0 aromatic rings. The van der Waals surface area contributed by atoms with Crippen LogP contribution in [-0.4, -0.2) is 65.6 Å². The highest BCUT2D eigenvalue weighted by Crippen LogP contribution is 2.14. The van der Waals surface area contributed by atoms with E-state index in [0.29, 0.717) is 0 Å². The first kappa shape index (κ1) is 20.9. The number of imide groups is 1. The summed E-state index contributed by atoms with van der Waals surface area (Å²) in [5.74, 6) is 0. The Morgan fingerprint density at radius 1 is 1.00 bits per heavy atom. The van der Waals surface area contributed by atoms with Gasteiger partial charge in [-0.05, 0) is 54.4 Å². The molecule has 1 rings (SSSR count). The highest BCUT2D eigenvalue weighted by atomic mass is 16.6. The molecule has 2 amide bonds. The van der Waals surface area contributed by atoms with Gasteiger partial charge in [0.2, 0.25) is 0 Å². The van der Waals surface area contributed by atoms with Gasteiger partial charge in [-0.15, -0.1) is 0 Å². The molecule has 8 nitrogen and oxygen atoms in total. The molecule has 142 valence electrons. The molecule has 0 radical (unpaired) electrons. The molecular weight excluding hydrogens is 324 g/mol. The van der Waals surface area contributed by atoms with Gasteiger partial charge in [-0.25, -0.2) is 14.6 Å². The summed E-state index contributed by atoms with van der Waals surface area (Å²) < 4.78 is 10.5. The molecule has 0 aliphatic carbocycles. The highest BCUT2D eigenvalue weighted by Gasteiger charge is 2.30. The van der Waals surface area contributed by atoms with Crippen LogP contribution in [0.2, 0.25) is 0 Å². The van der Waals surface area contributed by atoms with Crippen molar-refractivity contribution in [2.45, 2.75) is 65.6 Å². The zero-order valence-electron chi connectivity index (χ0n) is 16.1. The summed E-state index contributed by atoms with van der Waals surface area (Å²) in [6, 6.07) is 0. The molecular formula is C17H30N4O4. The second kappa shape index (κ2) is 8.82. The summed E-state index contributed by atoms with van der Waals surface area (Å²) in [7, 11) is 0. The zero-order chi connectivity index (χ0) is 19.1. The van der Waals surface area contributed by atoms with Gasteiger partial charge < -0.3 is 14.4 Å². The lowest BCUT2D eigenvalue weighted by atomic mass is 10.2. The Morgan fingerprint density at radius 3 is 1.92 bits per heavy atom. The topological polar surface area (TPSA) is 83.8 Å². The number of amides is 2. The van der Waals surface area contributed by atoms with Crippen molar-refractivity contribution in [2.75, 3.05) is 19.8 Å². The largest absolute Gasteiger partial charge is 0.443 e. The van der Waals surface area contributed by atoms with Gasteiger partial charge in [0, 0.05) is 13.1 Å². The van der Waals surface area contributed by atoms with E-state index in [4.69, 9.17) is 9.47 Å². The normalized spacial score (nSPS) is 15.8. The molecule has 0 unspecified atom stereocenters. The van der Waals surface area contributed by atoms with Gasteiger partial charge >= 0.3 is 12.2 Å². The maximum absolute atomic E-state index is 12.2. The predicted octanol–water partition coefficient (Wildman–Crippen LogP) is 3.27. The van der Waals surface area contributed by atoms with Crippen molar-refractivity contribution in [3.8, 4) is 0 Å². The number of hydrogen-bond donors (Lipinski definition) is 0. The highest BCUT2D eigenvalue weighted by molar-refractivity contribution is 5.88. The van der Waals surface area contributed by atoms with Crippen LogP contribution in [0.3, 0.4) is 0 Å². The maximum Gasteiger partial charge on any atom is 0.421 e. The minimum absolute atomic E-state index is 0.221. The van der Waals surface area contributed by atoms with Crippen LogP contribution in [0.1, 0.15) is 54.4 Å². The first-order valence-electron chi connectivity index (χ1n) is 8.47. The third-order valence-electron chi connectivity index (χ3n) is 2.97. The lowest BCUT2D eigenvalue weighted by Crippen LogP contribution is -2.43. The molecule has 8 heteroatoms. The van der Waals surface area contributed by atoms with Crippen molar-refractivity contribution in [1.29, 1.82) is 0 Å². The van der Waals surface area contributed by atoms with Crippen molar-refractivity contribution in [3.05, 3.63) is 0 Å². The Hall–Kier alpha value is -2.12. The van der Waals surface area contributed by atoms with Crippen molar-refractivity contribution >= 4 is 24.9 Å². The van der Waals surface area contributed by atoms with E-state index in [1.807, 2.05) is 0 Å². The standard InChI is InChI=1S/C17H30N4O4/c1-16(2,3)24-14(22)21(15(23)25-17(4,5)6)13-19-11-18-12-20-9-7-8-10-20/h11-12H,7-10,13H2,1-6H3. The third-order valence-corrected chi connectivity index (χ3v) is 2.97. The van der Waals surface area contributed by atoms with Crippen LogP contribution in [0.4, 0.5) is 9.59 Å². The molecule has 0 aromatic heterocycles. The second-order valence-corrected chi connectivity index (χ2v) is 7.84. The van der Waals surface area contributed by atoms with Crippen molar-refractivity contribution in [3.63, 3.8) is 0 Å². The fraction of sp³-hybridized carbons (Fsp3) is 0.765. The SMILES string of the molecule is CC(C)(C)OC(=O)N(CN=CN=CN1CCCC1)C(=O)OC(C)(C)C. The molecule has 0 spiro atoms. The zero-order valence-corrected chi connectivity index (χ0v) is 16.1. The molecule has 0 atom stereocenters. The smallest absolute Gasteiger partial charge is 0.421 e. The van der Waals surface area contributed by atoms with E-state index in [9.17, 15) is 9.59 Å². The van der Waals surface area contributed by atoms with E-state index in [1.165, 1.54) is 6.34 Å². The molecule has 1 saturated heterocycles. The van der Waals surface area contributed by atoms with Crippen LogP contribution in [0.15, 0.2) is 9.98 Å². The summed E-state index contributed by atoms with van der Waals surface area (Å²) in [5, 5.41) is 0. The van der Waals surface area contributed by atoms with Gasteiger partial charge in [-0.1, -0.05) is 0 Å². The average molecular weight is 354 g/mol. The first-order chi connectivity index (χ1) is 11.5. The molecule has 0 N–H and O–H groups in total. The van der Waals surface area contributed by atoms with Crippen LogP contribution < -0.4 is 0 Å². The van der Waals surface area contributed by atoms with E-state index in [2.05, 4.69) is 14.9 Å². The maximum atomic E-state index is 12.2. The summed E-state index contributed by atoms with van der Waals surface area (Å²) in [6.07, 6.45) is 3.74. The van der Waals surface area contributed by atoms with Gasteiger partial charge in [0.1, 0.15) is 24.2 Å². The van der Waals surface area contributed by atoms with Crippen molar-refractivity contribution in [2.24, 2.45) is 9.98 Å². The van der Waals surface area contributed by atoms with Crippen molar-refractivity contribution in [1.82, 2.24) is 9.80 Å². The summed E-state index contributed by atoms with van der Waals surface area (Å²) in [6.45, 7) is 12.1. The van der Waals surface area contributed by atoms with Crippen LogP contribution >= 0.6 is 0 Å². The second-order valence-electron chi connectivity index (χ2n) is 7.84. The van der Waals surface area contributed by atoms with Gasteiger partial charge in [-0.2, -0.15) is 4.90 Å². The molecule has 1 aliphatic rings. The minimum atomic E-state index is -0.803. The monoisotopic (exact) mass is 354 g/mol. The van der Waals surface area contributed by atoms with E-state index in [0.717, 1.165) is 30.8 Å². The van der Waals surface area contributed by atoms with Crippen LogP contribution in [0, 0.1) is 0 Å². The number of rotatable bonds is 4. The average Bonchev–Trinajstić information content (AvgIpc) is 2.91. The number of ether oxygens (including phenoxy) is 2. The molecule has 0 bridgehead atoms. The molecule has 25 heavy (non-hydrogen) atoms. The van der Waals surface area contributed by atoms with E-state index in [1.54, 1.807) is 47.9 Å². The van der Waals surface area contributed by atoms with Crippen molar-refractivity contribution < 1.29 is 19.1 Å². The Balaban J connectivity index is 2.69. The van der Waals surface area contributed by atoms with Gasteiger partial charge in [0.05, 0.1) is 6.34 Å². The van der Waals surface area contributed by atoms with Crippen LogP contribution in [-0.2, 0) is 9.47 Å². The Bertz CT molecular complexity index is 484. The Labute approximate surface area is 149 Å². The molecule has 1 aliphatic heterocycles. The summed E-state index contributed by atoms with van der Waals surface area (Å²) in [4.78, 5) is 35.5. The molecule has 0 aromatic carbocycles. The fourth-order valence-electron chi connectivity index (χ4n) is 1.97. The van der Waals surface area contributed by atoms with Gasteiger partial charge in [0.15, 0.2) is 0 Å². The minimum Gasteiger partial charge on any atom is -0.443 e. The summed E-state index contributed by atoms with van der Waals surface area (Å²) in [5.41, 5.74) is -1.45. The lowest BCUT2D eigenvalue weighted by Gasteiger charge is -2.27. The number of carbonyl (C=O) groups excluding carboxylic acids is 2. The van der Waals surface area contributed by atoms with Gasteiger partial charge in [0.25, 0.3) is 0 Å². The van der Waals surface area contributed by atoms with Crippen LogP contribution in [0.5, 0.6) is 0 Å². The van der Waals surface area contributed by atoms with Gasteiger partial charge in [-0.3, -0.25) is 4.99 Å². The summed E-state index contributed by atoms with van der Waals surface area (Å²) >= 11 is 0. The first-order valence-corrected chi connectivity index (χ1v) is 8.47. The Morgan fingerprint density at radius 2 is 1.48 bits per heavy atom. The quantitative estimate of drug-likeness (QED) is 0.571. The molecule has 1 heterocycles. The number of hydrogen-bond acceptors (Lipinski definition) is 5. The number of aliphatic imine (C=N–C) groups is 2. The predicted molar refractivity (Wildman–Crippen MR) is 97.0 cm³/mol. The number of carbonyl (C=O) groups is 2. The Kier molecular flexibility index (Phi) is 7.38. The number of likely N-dealkylation sites (tertiary alicyclic amines) is 1. The van der Waals surface area contributed by atoms with E-state index in [-0.39, 0.29) is 6.67 Å². The van der Waals surface area contributed by atoms with E-state index >= 15 is 0 Å². The third kappa shape index (κ3) is 9.07. The van der Waals surface area contributed by atoms with Crippen LogP contribution in [0.25, 0.3) is 0 Å². The van der Waals surface area contributed by atoms with E-state index < -0.39 is 23.4 Å². The molecule has 0 saturated carbocycles.